The molecule has 0 saturated carbocycles. The topological polar surface area (TPSA) is 121 Å². The molecule has 2 aromatic rings. The zero-order valence-corrected chi connectivity index (χ0v) is 10.9. The highest BCUT2D eigenvalue weighted by Crippen LogP contribution is 2.06. The van der Waals surface area contributed by atoms with Crippen molar-refractivity contribution in [1.29, 1.82) is 0 Å². The Morgan fingerprint density at radius 1 is 1.29 bits per heavy atom. The molecule has 0 aliphatic heterocycles. The molecule has 110 valence electrons. The Morgan fingerprint density at radius 2 is 2.05 bits per heavy atom. The van der Waals surface area contributed by atoms with Crippen molar-refractivity contribution in [1.82, 2.24) is 14.7 Å². The zero-order valence-electron chi connectivity index (χ0n) is 10.9. The summed E-state index contributed by atoms with van der Waals surface area (Å²) in [6, 6.07) is 3.97. The average Bonchev–Trinajstić information content (AvgIpc) is 2.86. The predicted molar refractivity (Wildman–Crippen MR) is 71.0 cm³/mol. The quantitative estimate of drug-likeness (QED) is 0.707. The minimum absolute atomic E-state index is 0.0720. The molecule has 2 rings (SSSR count). The fraction of sp³-hybridized carbons (Fsp3) is 0.231. The Kier molecular flexibility index (Phi) is 4.17. The lowest BCUT2D eigenvalue weighted by molar-refractivity contribution is -0.140. The fourth-order valence-corrected chi connectivity index (χ4v) is 1.80. The number of carbonyl (C=O) groups excluding carboxylic acids is 1. The second-order valence-electron chi connectivity index (χ2n) is 4.39. The first kappa shape index (κ1) is 14.5. The van der Waals surface area contributed by atoms with Gasteiger partial charge in [0.2, 0.25) is 0 Å². The molecule has 0 saturated heterocycles. The Morgan fingerprint density at radius 3 is 2.67 bits per heavy atom. The summed E-state index contributed by atoms with van der Waals surface area (Å²) in [5.41, 5.74) is 0.628. The number of imidazole rings is 1. The van der Waals surface area contributed by atoms with Crippen LogP contribution in [0.5, 0.6) is 0 Å². The maximum absolute atomic E-state index is 12.0. The van der Waals surface area contributed by atoms with Crippen LogP contribution in [0.15, 0.2) is 30.6 Å². The van der Waals surface area contributed by atoms with Crippen LogP contribution in [0.1, 0.15) is 23.3 Å². The maximum atomic E-state index is 12.0. The Hall–Kier alpha value is -2.90. The van der Waals surface area contributed by atoms with Gasteiger partial charge in [0.15, 0.2) is 0 Å². The molecule has 1 amide bonds. The number of fused-ring (bicyclic) bond motifs is 1. The van der Waals surface area contributed by atoms with Crippen LogP contribution in [0.25, 0.3) is 5.65 Å². The van der Waals surface area contributed by atoms with Gasteiger partial charge in [0.1, 0.15) is 17.4 Å². The smallest absolute Gasteiger partial charge is 0.326 e. The minimum Gasteiger partial charge on any atom is -0.481 e. The second kappa shape index (κ2) is 6.04. The highest BCUT2D eigenvalue weighted by molar-refractivity contribution is 5.95. The third kappa shape index (κ3) is 3.56. The summed E-state index contributed by atoms with van der Waals surface area (Å²) in [4.78, 5) is 37.5. The lowest BCUT2D eigenvalue weighted by Gasteiger charge is -2.12. The molecule has 1 atom stereocenters. The van der Waals surface area contributed by atoms with E-state index in [4.69, 9.17) is 10.2 Å². The molecular formula is C13H13N3O5. The molecule has 0 aliphatic carbocycles. The van der Waals surface area contributed by atoms with Gasteiger partial charge in [-0.15, -0.1) is 0 Å². The summed E-state index contributed by atoms with van der Waals surface area (Å²) in [6.07, 6.45) is 2.64. The number of amides is 1. The number of aliphatic carboxylic acids is 2. The predicted octanol–water partition coefficient (Wildman–Crippen LogP) is 0.382. The van der Waals surface area contributed by atoms with E-state index in [1.54, 1.807) is 28.8 Å². The Labute approximate surface area is 119 Å². The number of hydrogen-bond acceptors (Lipinski definition) is 4. The standard InChI is InChI=1S/C13H13N3O5/c17-11(18)5-4-8(13(20)21)15-12(19)9-7-16-6-2-1-3-10(16)14-9/h1-3,6-8H,4-5H2,(H,15,19)(H,17,18)(H,20,21)/t8-/m0/s1. The average molecular weight is 291 g/mol. The largest absolute Gasteiger partial charge is 0.481 e. The molecule has 2 heterocycles. The molecule has 8 nitrogen and oxygen atoms in total. The molecule has 2 aromatic heterocycles. The number of carbonyl (C=O) groups is 3. The van der Waals surface area contributed by atoms with Gasteiger partial charge >= 0.3 is 11.9 Å². The number of carboxylic acids is 2. The number of aromatic nitrogens is 2. The number of rotatable bonds is 6. The third-order valence-electron chi connectivity index (χ3n) is 2.85. The molecular weight excluding hydrogens is 278 g/mol. The van der Waals surface area contributed by atoms with E-state index < -0.39 is 23.9 Å². The van der Waals surface area contributed by atoms with Crippen LogP contribution in [0.4, 0.5) is 0 Å². The van der Waals surface area contributed by atoms with Gasteiger partial charge in [-0.2, -0.15) is 0 Å². The molecule has 0 spiro atoms. The fourth-order valence-electron chi connectivity index (χ4n) is 1.80. The van der Waals surface area contributed by atoms with E-state index in [0.29, 0.717) is 5.65 Å². The molecule has 0 fully saturated rings. The van der Waals surface area contributed by atoms with Crippen LogP contribution in [-0.2, 0) is 9.59 Å². The molecule has 21 heavy (non-hydrogen) atoms. The first-order valence-electron chi connectivity index (χ1n) is 6.16. The van der Waals surface area contributed by atoms with Crippen molar-refractivity contribution in [2.24, 2.45) is 0 Å². The Bertz CT molecular complexity index is 661. The number of nitrogens with one attached hydrogen (secondary N) is 1. The lowest BCUT2D eigenvalue weighted by atomic mass is 10.1. The molecule has 0 radical (unpaired) electrons. The van der Waals surface area contributed by atoms with Crippen LogP contribution in [0, 0.1) is 0 Å². The lowest BCUT2D eigenvalue weighted by Crippen LogP contribution is -2.41. The third-order valence-corrected chi connectivity index (χ3v) is 2.85. The van der Waals surface area contributed by atoms with Crippen molar-refractivity contribution >= 4 is 23.5 Å². The van der Waals surface area contributed by atoms with Crippen LogP contribution in [0.2, 0.25) is 0 Å². The van der Waals surface area contributed by atoms with Crippen molar-refractivity contribution in [3.63, 3.8) is 0 Å². The molecule has 0 aliphatic rings. The number of nitrogens with zero attached hydrogens (tertiary/aromatic N) is 2. The minimum atomic E-state index is -1.28. The molecule has 8 heteroatoms. The molecule has 0 aromatic carbocycles. The van der Waals surface area contributed by atoms with Gasteiger partial charge in [-0.25, -0.2) is 9.78 Å². The van der Waals surface area contributed by atoms with Crippen molar-refractivity contribution in [2.75, 3.05) is 0 Å². The molecule has 0 unspecified atom stereocenters. The van der Waals surface area contributed by atoms with Gasteiger partial charge in [0.25, 0.3) is 5.91 Å². The van der Waals surface area contributed by atoms with Crippen LogP contribution >= 0.6 is 0 Å². The van der Waals surface area contributed by atoms with E-state index in [1.807, 2.05) is 0 Å². The number of hydrogen-bond donors (Lipinski definition) is 3. The van der Waals surface area contributed by atoms with Crippen LogP contribution in [-0.4, -0.2) is 43.5 Å². The van der Waals surface area contributed by atoms with E-state index >= 15 is 0 Å². The van der Waals surface area contributed by atoms with Crippen molar-refractivity contribution in [2.45, 2.75) is 18.9 Å². The van der Waals surface area contributed by atoms with Gasteiger partial charge in [-0.3, -0.25) is 9.59 Å². The normalized spacial score (nSPS) is 12.0. The first-order valence-corrected chi connectivity index (χ1v) is 6.16. The van der Waals surface area contributed by atoms with Gasteiger partial charge in [-0.05, 0) is 18.6 Å². The monoisotopic (exact) mass is 291 g/mol. The van der Waals surface area contributed by atoms with E-state index in [0.717, 1.165) is 0 Å². The van der Waals surface area contributed by atoms with Gasteiger partial charge in [0, 0.05) is 18.8 Å². The van der Waals surface area contributed by atoms with E-state index in [2.05, 4.69) is 10.3 Å². The molecule has 3 N–H and O–H groups in total. The van der Waals surface area contributed by atoms with Crippen molar-refractivity contribution in [3.05, 3.63) is 36.3 Å². The SMILES string of the molecule is O=C(O)CC[C@H](NC(=O)c1cn2ccccc2n1)C(=O)O. The number of carboxylic acid groups (broad SMARTS) is 2. The summed E-state index contributed by atoms with van der Waals surface area (Å²) < 4.78 is 1.63. The highest BCUT2D eigenvalue weighted by Gasteiger charge is 2.22. The maximum Gasteiger partial charge on any atom is 0.326 e. The van der Waals surface area contributed by atoms with Crippen molar-refractivity contribution in [3.8, 4) is 0 Å². The van der Waals surface area contributed by atoms with E-state index in [-0.39, 0.29) is 18.5 Å². The number of pyridine rings is 1. The van der Waals surface area contributed by atoms with Gasteiger partial charge < -0.3 is 19.9 Å². The van der Waals surface area contributed by atoms with Crippen LogP contribution in [0.3, 0.4) is 0 Å². The summed E-state index contributed by atoms with van der Waals surface area (Å²) in [6.45, 7) is 0. The van der Waals surface area contributed by atoms with Crippen LogP contribution < -0.4 is 5.32 Å². The highest BCUT2D eigenvalue weighted by atomic mass is 16.4. The van der Waals surface area contributed by atoms with E-state index in [1.165, 1.54) is 6.20 Å². The summed E-state index contributed by atoms with van der Waals surface area (Å²) >= 11 is 0. The zero-order chi connectivity index (χ0) is 15.4. The van der Waals surface area contributed by atoms with Gasteiger partial charge in [0.05, 0.1) is 0 Å². The summed E-state index contributed by atoms with van der Waals surface area (Å²) in [7, 11) is 0. The molecule has 0 bridgehead atoms. The summed E-state index contributed by atoms with van der Waals surface area (Å²) in [5.74, 6) is -3.06. The summed E-state index contributed by atoms with van der Waals surface area (Å²) in [5, 5.41) is 19.8. The second-order valence-corrected chi connectivity index (χ2v) is 4.39. The van der Waals surface area contributed by atoms with Gasteiger partial charge in [-0.1, -0.05) is 6.07 Å². The Balaban J connectivity index is 2.10. The van der Waals surface area contributed by atoms with Crippen molar-refractivity contribution < 1.29 is 24.6 Å². The van der Waals surface area contributed by atoms with E-state index in [9.17, 15) is 14.4 Å². The first-order chi connectivity index (χ1) is 9.97.